The molecule has 0 atom stereocenters. The molecule has 8 nitrogen and oxygen atoms in total. The van der Waals surface area contributed by atoms with E-state index in [-0.39, 0.29) is 0 Å². The highest BCUT2D eigenvalue weighted by molar-refractivity contribution is 7.13. The molecule has 0 fully saturated rings. The largest absolute Gasteiger partial charge is 0.408 e. The molecule has 192 valence electrons. The molecule has 37 heavy (non-hydrogen) atoms. The van der Waals surface area contributed by atoms with E-state index in [1.165, 1.54) is 17.8 Å². The quantitative estimate of drug-likeness (QED) is 0.111. The fraction of sp³-hybridized carbons (Fsp3) is 0.333. The van der Waals surface area contributed by atoms with Crippen LogP contribution in [-0.2, 0) is 14.1 Å². The van der Waals surface area contributed by atoms with E-state index in [0.29, 0.717) is 0 Å². The van der Waals surface area contributed by atoms with Gasteiger partial charge in [0.1, 0.15) is 23.8 Å². The topological polar surface area (TPSA) is 63.7 Å². The molecule has 4 aromatic rings. The first-order chi connectivity index (χ1) is 18.0. The molecule has 4 rings (SSSR count). The molecule has 0 saturated carbocycles. The van der Waals surface area contributed by atoms with Gasteiger partial charge in [-0.15, -0.1) is 0 Å². The number of azo groups is 2. The molecular weight excluding hydrogens is 500 g/mol. The summed E-state index contributed by atoms with van der Waals surface area (Å²) in [6.45, 7) is 2.05. The van der Waals surface area contributed by atoms with Crippen LogP contribution in [0.15, 0.2) is 92.1 Å². The Balaban J connectivity index is 1.15. The number of unbranched alkanes of at least 4 members (excludes halogenated alkanes) is 2. The van der Waals surface area contributed by atoms with Gasteiger partial charge in [-0.05, 0) is 101 Å². The Morgan fingerprint density at radius 1 is 0.595 bits per heavy atom. The van der Waals surface area contributed by atoms with E-state index in [1.807, 2.05) is 70.6 Å². The number of hydrogen-bond acceptors (Lipinski definition) is 8. The van der Waals surface area contributed by atoms with Crippen molar-refractivity contribution in [2.24, 2.45) is 34.6 Å². The maximum atomic E-state index is 4.35. The highest BCUT2D eigenvalue weighted by atomic mass is 32.1. The lowest BCUT2D eigenvalue weighted by Crippen LogP contribution is -2.23. The van der Waals surface area contributed by atoms with E-state index < -0.39 is 0 Å². The van der Waals surface area contributed by atoms with Gasteiger partial charge in [0.15, 0.2) is 0 Å². The van der Waals surface area contributed by atoms with Crippen molar-refractivity contribution in [3.05, 3.63) is 71.7 Å². The summed E-state index contributed by atoms with van der Waals surface area (Å²) in [5.41, 5.74) is 4.12. The Kier molecular flexibility index (Phi) is 9.45. The molecule has 0 unspecified atom stereocenters. The van der Waals surface area contributed by atoms with E-state index in [4.69, 9.17) is 0 Å². The molecule has 0 radical (unpaired) electrons. The van der Waals surface area contributed by atoms with Crippen molar-refractivity contribution in [3.8, 4) is 0 Å². The van der Waals surface area contributed by atoms with Crippen LogP contribution >= 0.6 is 22.7 Å². The predicted molar refractivity (Wildman–Crippen MR) is 153 cm³/mol. The van der Waals surface area contributed by atoms with Crippen LogP contribution in [0.1, 0.15) is 19.3 Å². The minimum absolute atomic E-state index is 0.862. The van der Waals surface area contributed by atoms with Gasteiger partial charge >= 0.3 is 10.3 Å². The van der Waals surface area contributed by atoms with Crippen molar-refractivity contribution in [3.63, 3.8) is 0 Å². The molecule has 0 aliphatic carbocycles. The summed E-state index contributed by atoms with van der Waals surface area (Å²) >= 11 is 3.15. The number of hydrogen-bond donors (Lipinski definition) is 0. The lowest BCUT2D eigenvalue weighted by molar-refractivity contribution is -0.654. The third-order valence-corrected chi connectivity index (χ3v) is 7.77. The second kappa shape index (κ2) is 13.2. The third kappa shape index (κ3) is 7.74. The van der Waals surface area contributed by atoms with Crippen LogP contribution in [0.2, 0.25) is 0 Å². The van der Waals surface area contributed by atoms with Crippen molar-refractivity contribution >= 4 is 55.7 Å². The number of nitrogens with zero attached hydrogens (tertiary/aromatic N) is 8. The van der Waals surface area contributed by atoms with Crippen LogP contribution in [0.5, 0.6) is 0 Å². The second-order valence-electron chi connectivity index (χ2n) is 8.93. The van der Waals surface area contributed by atoms with Gasteiger partial charge in [-0.3, -0.25) is 0 Å². The zero-order valence-corrected chi connectivity index (χ0v) is 23.5. The van der Waals surface area contributed by atoms with Crippen LogP contribution in [0.4, 0.5) is 33.0 Å². The third-order valence-electron chi connectivity index (χ3n) is 6.09. The summed E-state index contributed by atoms with van der Waals surface area (Å²) in [6.07, 6.45) is 7.45. The molecule has 2 aromatic carbocycles. The number of aryl methyl sites for hydroxylation is 2. The average molecular weight is 535 g/mol. The summed E-state index contributed by atoms with van der Waals surface area (Å²) < 4.78 is 3.93. The van der Waals surface area contributed by atoms with Gasteiger partial charge in [0.2, 0.25) is 0 Å². The first-order valence-corrected chi connectivity index (χ1v) is 14.1. The van der Waals surface area contributed by atoms with Crippen molar-refractivity contribution in [2.75, 3.05) is 37.0 Å². The molecule has 2 heterocycles. The number of thiazole rings is 2. The van der Waals surface area contributed by atoms with Crippen LogP contribution in [0, 0.1) is 0 Å². The smallest absolute Gasteiger partial charge is 0.375 e. The highest BCUT2D eigenvalue weighted by Crippen LogP contribution is 2.24. The van der Waals surface area contributed by atoms with Gasteiger partial charge in [-0.25, -0.2) is 9.13 Å². The van der Waals surface area contributed by atoms with E-state index in [1.54, 1.807) is 22.7 Å². The molecule has 0 bridgehead atoms. The summed E-state index contributed by atoms with van der Waals surface area (Å²) in [5, 5.41) is 23.1. The van der Waals surface area contributed by atoms with Crippen LogP contribution in [0.25, 0.3) is 0 Å². The average Bonchev–Trinajstić information content (AvgIpc) is 3.53. The summed E-state index contributed by atoms with van der Waals surface area (Å²) in [4.78, 5) is 4.60. The van der Waals surface area contributed by atoms with Crippen molar-refractivity contribution in [2.45, 2.75) is 19.3 Å². The zero-order valence-electron chi connectivity index (χ0n) is 21.9. The first-order valence-electron chi connectivity index (χ1n) is 12.3. The fourth-order valence-electron chi connectivity index (χ4n) is 3.73. The van der Waals surface area contributed by atoms with Gasteiger partial charge in [0, 0.05) is 49.3 Å². The normalized spacial score (nSPS) is 11.6. The molecular formula is C27H34N8S2+2. The maximum absolute atomic E-state index is 4.35. The van der Waals surface area contributed by atoms with Crippen LogP contribution in [0.3, 0.4) is 0 Å². The minimum atomic E-state index is 0.862. The summed E-state index contributed by atoms with van der Waals surface area (Å²) in [6, 6.07) is 16.5. The lowest BCUT2D eigenvalue weighted by atomic mass is 10.2. The molecule has 0 saturated heterocycles. The molecule has 0 aliphatic rings. The Bertz CT molecular complexity index is 1210. The van der Waals surface area contributed by atoms with Crippen molar-refractivity contribution in [1.82, 2.24) is 0 Å². The van der Waals surface area contributed by atoms with Crippen molar-refractivity contribution in [1.29, 1.82) is 0 Å². The minimum Gasteiger partial charge on any atom is -0.375 e. The second-order valence-corrected chi connectivity index (χ2v) is 10.7. The lowest BCUT2D eigenvalue weighted by Gasteiger charge is -2.21. The van der Waals surface area contributed by atoms with E-state index in [2.05, 4.69) is 68.6 Å². The van der Waals surface area contributed by atoms with Gasteiger partial charge in [0.05, 0.1) is 24.3 Å². The van der Waals surface area contributed by atoms with Gasteiger partial charge < -0.3 is 9.80 Å². The van der Waals surface area contributed by atoms with E-state index in [9.17, 15) is 0 Å². The Hall–Kier alpha value is -3.50. The molecule has 0 amide bonds. The predicted octanol–water partition coefficient (Wildman–Crippen LogP) is 7.03. The molecule has 2 aromatic heterocycles. The van der Waals surface area contributed by atoms with Gasteiger partial charge in [0.25, 0.3) is 0 Å². The Morgan fingerprint density at radius 2 is 1.00 bits per heavy atom. The SMILES string of the molecule is CN(CCCCCN(C)c1ccc(N=Nc2scc[n+]2C)cc1)c1ccc(N=Nc2scc[n+]2C)cc1. The summed E-state index contributed by atoms with van der Waals surface area (Å²) in [5.74, 6) is 0. The number of benzene rings is 2. The molecule has 0 aliphatic heterocycles. The Morgan fingerprint density at radius 3 is 1.35 bits per heavy atom. The molecule has 0 spiro atoms. The summed E-state index contributed by atoms with van der Waals surface area (Å²) in [7, 11) is 8.23. The van der Waals surface area contributed by atoms with Crippen molar-refractivity contribution < 1.29 is 9.13 Å². The molecule has 10 heteroatoms. The maximum Gasteiger partial charge on any atom is 0.408 e. The Labute approximate surface area is 226 Å². The van der Waals surface area contributed by atoms with Crippen LogP contribution < -0.4 is 18.9 Å². The monoisotopic (exact) mass is 534 g/mol. The fourth-order valence-corrected chi connectivity index (χ4v) is 5.09. The van der Waals surface area contributed by atoms with E-state index >= 15 is 0 Å². The standard InChI is InChI=1S/C27H34N8S2/c1-32(24-12-8-22(9-13-24)28-30-26-34(3)18-20-36-26)16-6-5-7-17-33(2)25-14-10-23(11-15-25)29-31-27-35(4)19-21-37-27/h8-15,18-21H,5-7,16-17H2,1-4H3/q+2. The van der Waals surface area contributed by atoms with Gasteiger partial charge in [-0.2, -0.15) is 0 Å². The number of aromatic nitrogens is 2. The van der Waals surface area contributed by atoms with Gasteiger partial charge in [-0.1, -0.05) is 0 Å². The molecule has 0 N–H and O–H groups in total. The number of rotatable bonds is 12. The zero-order chi connectivity index (χ0) is 26.0. The number of anilines is 2. The highest BCUT2D eigenvalue weighted by Gasteiger charge is 2.09. The van der Waals surface area contributed by atoms with E-state index in [0.717, 1.165) is 47.6 Å². The van der Waals surface area contributed by atoms with Crippen LogP contribution in [-0.4, -0.2) is 27.2 Å². The first kappa shape index (κ1) is 26.6.